The van der Waals surface area contributed by atoms with Crippen LogP contribution >= 0.6 is 0 Å². The van der Waals surface area contributed by atoms with Crippen molar-refractivity contribution in [3.05, 3.63) is 170 Å². The predicted octanol–water partition coefficient (Wildman–Crippen LogP) is 11.8. The predicted molar refractivity (Wildman–Crippen MR) is 207 cm³/mol. The van der Waals surface area contributed by atoms with Gasteiger partial charge in [0.2, 0.25) is 5.89 Å². The van der Waals surface area contributed by atoms with Crippen molar-refractivity contribution < 1.29 is 4.42 Å². The van der Waals surface area contributed by atoms with Crippen molar-refractivity contribution in [2.45, 2.75) is 0 Å². The number of hydrogen-bond acceptors (Lipinski definition) is 5. The Morgan fingerprint density at radius 1 is 0.314 bits per heavy atom. The third kappa shape index (κ3) is 5.03. The molecule has 0 radical (unpaired) electrons. The summed E-state index contributed by atoms with van der Waals surface area (Å²) in [6, 6.07) is 58.2. The molecule has 2 aromatic heterocycles. The molecule has 8 aromatic carbocycles. The van der Waals surface area contributed by atoms with Gasteiger partial charge in [-0.1, -0.05) is 133 Å². The van der Waals surface area contributed by atoms with E-state index in [-0.39, 0.29) is 0 Å². The van der Waals surface area contributed by atoms with Crippen molar-refractivity contribution >= 4 is 43.4 Å². The zero-order chi connectivity index (χ0) is 33.7. The molecular weight excluding hydrogens is 625 g/mol. The Balaban J connectivity index is 1.20. The third-order valence-corrected chi connectivity index (χ3v) is 9.53. The molecule has 5 nitrogen and oxygen atoms in total. The Bertz CT molecular complexity index is 2900. The van der Waals surface area contributed by atoms with Crippen molar-refractivity contribution in [2.24, 2.45) is 0 Å². The highest BCUT2D eigenvalue weighted by Gasteiger charge is 2.18. The van der Waals surface area contributed by atoms with Crippen molar-refractivity contribution in [1.29, 1.82) is 0 Å². The molecule has 0 aliphatic heterocycles. The fourth-order valence-corrected chi connectivity index (χ4v) is 7.09. The molecule has 5 heteroatoms. The first-order valence-electron chi connectivity index (χ1n) is 17.0. The van der Waals surface area contributed by atoms with Gasteiger partial charge in [0.1, 0.15) is 5.52 Å². The maximum absolute atomic E-state index is 6.33. The Labute approximate surface area is 293 Å². The van der Waals surface area contributed by atoms with Crippen LogP contribution in [0.5, 0.6) is 0 Å². The van der Waals surface area contributed by atoms with Gasteiger partial charge in [0.15, 0.2) is 23.1 Å². The van der Waals surface area contributed by atoms with Gasteiger partial charge in [-0.15, -0.1) is 0 Å². The number of hydrogen-bond donors (Lipinski definition) is 0. The summed E-state index contributed by atoms with van der Waals surface area (Å²) in [4.78, 5) is 20.3. The SMILES string of the molecule is c1ccc(-c2cccc(-c3nc(-c4ccccc4)nc(-c4ccc5c(c4)c4ccccc4c4ccc6oc(-c7ccccc7)nc6c45)n3)c2)cc1. The maximum atomic E-state index is 6.33. The van der Waals surface area contributed by atoms with Crippen LogP contribution < -0.4 is 0 Å². The monoisotopic (exact) mass is 652 g/mol. The van der Waals surface area contributed by atoms with Crippen LogP contribution in [0.3, 0.4) is 0 Å². The van der Waals surface area contributed by atoms with E-state index in [1.54, 1.807) is 0 Å². The first-order chi connectivity index (χ1) is 25.3. The summed E-state index contributed by atoms with van der Waals surface area (Å²) < 4.78 is 6.33. The van der Waals surface area contributed by atoms with Gasteiger partial charge in [0.25, 0.3) is 0 Å². The van der Waals surface area contributed by atoms with Crippen molar-refractivity contribution in [1.82, 2.24) is 19.9 Å². The largest absolute Gasteiger partial charge is 0.436 e. The molecule has 0 saturated heterocycles. The number of aromatic nitrogens is 4. The van der Waals surface area contributed by atoms with E-state index in [1.807, 2.05) is 72.8 Å². The highest BCUT2D eigenvalue weighted by atomic mass is 16.3. The molecule has 238 valence electrons. The number of nitrogens with zero attached hydrogens (tertiary/aromatic N) is 4. The summed E-state index contributed by atoms with van der Waals surface area (Å²) in [6.07, 6.45) is 0. The molecule has 0 amide bonds. The molecule has 0 bridgehead atoms. The van der Waals surface area contributed by atoms with Gasteiger partial charge in [-0.3, -0.25) is 0 Å². The zero-order valence-electron chi connectivity index (χ0n) is 27.4. The van der Waals surface area contributed by atoms with Gasteiger partial charge in [-0.05, 0) is 74.5 Å². The summed E-state index contributed by atoms with van der Waals surface area (Å²) in [5.74, 6) is 2.47. The van der Waals surface area contributed by atoms with Crippen LogP contribution in [-0.2, 0) is 0 Å². The normalized spacial score (nSPS) is 11.5. The lowest BCUT2D eigenvalue weighted by atomic mass is 9.92. The molecule has 0 aliphatic rings. The highest BCUT2D eigenvalue weighted by Crippen LogP contribution is 2.41. The molecular formula is C46H28N4O. The van der Waals surface area contributed by atoms with Crippen molar-refractivity contribution in [3.63, 3.8) is 0 Å². The molecule has 0 N–H and O–H groups in total. The van der Waals surface area contributed by atoms with E-state index in [0.717, 1.165) is 76.8 Å². The standard InChI is InChI=1S/C46H28N4O/c1-4-13-29(14-5-1)32-19-12-20-33(27-32)44-48-43(30-15-6-2-7-16-30)49-45(50-44)34-23-24-38-39(28-34)36-22-11-10-21-35(36)37-25-26-40-42(41(37)38)47-46(51-40)31-17-8-3-9-18-31/h1-28H. The van der Waals surface area contributed by atoms with Gasteiger partial charge in [0, 0.05) is 27.6 Å². The van der Waals surface area contributed by atoms with E-state index in [1.165, 1.54) is 0 Å². The molecule has 0 saturated carbocycles. The Morgan fingerprint density at radius 2 is 0.824 bits per heavy atom. The average Bonchev–Trinajstić information content (AvgIpc) is 3.66. The summed E-state index contributed by atoms with van der Waals surface area (Å²) in [5, 5.41) is 6.71. The molecule has 51 heavy (non-hydrogen) atoms. The van der Waals surface area contributed by atoms with E-state index in [0.29, 0.717) is 23.4 Å². The molecule has 2 heterocycles. The smallest absolute Gasteiger partial charge is 0.227 e. The Hall–Kier alpha value is -6.98. The second-order valence-corrected chi connectivity index (χ2v) is 12.6. The number of benzene rings is 8. The molecule has 10 rings (SSSR count). The second kappa shape index (κ2) is 11.9. The summed E-state index contributed by atoms with van der Waals surface area (Å²) in [5.41, 5.74) is 7.57. The fraction of sp³-hybridized carbons (Fsp3) is 0. The molecule has 0 aliphatic carbocycles. The van der Waals surface area contributed by atoms with Crippen LogP contribution in [0.2, 0.25) is 0 Å². The van der Waals surface area contributed by atoms with Crippen LogP contribution in [0, 0.1) is 0 Å². The summed E-state index contributed by atoms with van der Waals surface area (Å²) in [7, 11) is 0. The lowest BCUT2D eigenvalue weighted by Crippen LogP contribution is -2.00. The van der Waals surface area contributed by atoms with Crippen LogP contribution in [-0.4, -0.2) is 19.9 Å². The summed E-state index contributed by atoms with van der Waals surface area (Å²) in [6.45, 7) is 0. The molecule has 10 aromatic rings. The van der Waals surface area contributed by atoms with Crippen molar-refractivity contribution in [3.8, 4) is 56.7 Å². The first-order valence-corrected chi connectivity index (χ1v) is 17.0. The lowest BCUT2D eigenvalue weighted by molar-refractivity contribution is 0.620. The minimum absolute atomic E-state index is 0.610. The molecule has 0 fully saturated rings. The van der Waals surface area contributed by atoms with Crippen LogP contribution in [0.15, 0.2) is 174 Å². The van der Waals surface area contributed by atoms with Gasteiger partial charge in [-0.2, -0.15) is 0 Å². The fourth-order valence-electron chi connectivity index (χ4n) is 7.09. The number of rotatable bonds is 5. The summed E-state index contributed by atoms with van der Waals surface area (Å²) >= 11 is 0. The first kappa shape index (κ1) is 29.0. The minimum atomic E-state index is 0.610. The van der Waals surface area contributed by atoms with Crippen LogP contribution in [0.1, 0.15) is 0 Å². The lowest BCUT2D eigenvalue weighted by Gasteiger charge is -2.13. The van der Waals surface area contributed by atoms with E-state index in [2.05, 4.69) is 97.1 Å². The van der Waals surface area contributed by atoms with Gasteiger partial charge in [-0.25, -0.2) is 19.9 Å². The van der Waals surface area contributed by atoms with E-state index >= 15 is 0 Å². The third-order valence-electron chi connectivity index (χ3n) is 9.53. The van der Waals surface area contributed by atoms with Gasteiger partial charge >= 0.3 is 0 Å². The van der Waals surface area contributed by atoms with E-state index in [4.69, 9.17) is 24.4 Å². The molecule has 0 spiro atoms. The quantitative estimate of drug-likeness (QED) is 0.173. The van der Waals surface area contributed by atoms with Crippen molar-refractivity contribution in [2.75, 3.05) is 0 Å². The zero-order valence-corrected chi connectivity index (χ0v) is 27.4. The average molecular weight is 653 g/mol. The molecule has 0 unspecified atom stereocenters. The minimum Gasteiger partial charge on any atom is -0.436 e. The maximum Gasteiger partial charge on any atom is 0.227 e. The molecule has 0 atom stereocenters. The number of oxazole rings is 1. The van der Waals surface area contributed by atoms with E-state index in [9.17, 15) is 0 Å². The topological polar surface area (TPSA) is 64.7 Å². The highest BCUT2D eigenvalue weighted by molar-refractivity contribution is 6.30. The van der Waals surface area contributed by atoms with Crippen LogP contribution in [0.4, 0.5) is 0 Å². The Morgan fingerprint density at radius 3 is 1.53 bits per heavy atom. The second-order valence-electron chi connectivity index (χ2n) is 12.6. The van der Waals surface area contributed by atoms with E-state index < -0.39 is 0 Å². The Kier molecular flexibility index (Phi) is 6.74. The number of fused-ring (bicyclic) bond motifs is 8. The van der Waals surface area contributed by atoms with Crippen LogP contribution in [0.25, 0.3) is 100 Å². The van der Waals surface area contributed by atoms with Gasteiger partial charge < -0.3 is 4.42 Å². The van der Waals surface area contributed by atoms with Gasteiger partial charge in [0.05, 0.1) is 0 Å².